The molecule has 6 heteroatoms. The number of amides is 1. The number of nitrogens with one attached hydrogen (secondary N) is 1. The van der Waals surface area contributed by atoms with Gasteiger partial charge in [0.05, 0.1) is 12.2 Å². The van der Waals surface area contributed by atoms with Gasteiger partial charge < -0.3 is 15.6 Å². The third-order valence-corrected chi connectivity index (χ3v) is 2.91. The third-order valence-electron chi connectivity index (χ3n) is 2.91. The zero-order valence-electron chi connectivity index (χ0n) is 10.6. The molecule has 0 unspecified atom stereocenters. The first-order valence-electron chi connectivity index (χ1n) is 5.98. The molecule has 3 N–H and O–H groups in total. The van der Waals surface area contributed by atoms with E-state index in [2.05, 4.69) is 10.5 Å². The Morgan fingerprint density at radius 2 is 2.26 bits per heavy atom. The van der Waals surface area contributed by atoms with Crippen LogP contribution in [0.1, 0.15) is 11.3 Å². The normalized spacial score (nSPS) is 10.6. The maximum Gasteiger partial charge on any atom is 0.233 e. The number of hydrogen-bond donors (Lipinski definition) is 2. The van der Waals surface area contributed by atoms with Gasteiger partial charge in [-0.15, -0.1) is 0 Å². The van der Waals surface area contributed by atoms with Gasteiger partial charge in [0.15, 0.2) is 11.2 Å². The minimum absolute atomic E-state index is 0.0270. The average molecular weight is 261 g/mol. The number of carbonyl (C=O) groups is 1. The molecule has 19 heavy (non-hydrogen) atoms. The van der Waals surface area contributed by atoms with Gasteiger partial charge in [0.2, 0.25) is 5.91 Å². The molecule has 0 aromatic carbocycles. The van der Waals surface area contributed by atoms with E-state index in [-0.39, 0.29) is 17.9 Å². The van der Waals surface area contributed by atoms with Crippen molar-refractivity contribution in [1.82, 2.24) is 10.5 Å². The summed E-state index contributed by atoms with van der Waals surface area (Å²) in [6, 6.07) is 4.63. The molecule has 0 fully saturated rings. The fourth-order valence-corrected chi connectivity index (χ4v) is 1.84. The summed E-state index contributed by atoms with van der Waals surface area (Å²) in [7, 11) is 0. The van der Waals surface area contributed by atoms with Crippen molar-refractivity contribution >= 4 is 5.91 Å². The standard InChI is InChI=1S/C13H15N3O3/c1-8-10-3-2-9(17)6-12(10)19-16-11(8)4-5-15-13(18)7-14/h2-3,6H,4-5,7,14H2,1H3,(H,15,18). The lowest BCUT2D eigenvalue weighted by molar-refractivity contribution is -0.119. The van der Waals surface area contributed by atoms with Gasteiger partial charge in [0, 0.05) is 24.6 Å². The fourth-order valence-electron chi connectivity index (χ4n) is 1.84. The van der Waals surface area contributed by atoms with Gasteiger partial charge in [-0.25, -0.2) is 0 Å². The summed E-state index contributed by atoms with van der Waals surface area (Å²) in [4.78, 5) is 22.2. The number of aromatic nitrogens is 1. The minimum atomic E-state index is -0.202. The highest BCUT2D eigenvalue weighted by Gasteiger charge is 2.13. The molecule has 2 aliphatic rings. The van der Waals surface area contributed by atoms with E-state index in [0.717, 1.165) is 16.8 Å². The lowest BCUT2D eigenvalue weighted by Crippen LogP contribution is -2.32. The maximum absolute atomic E-state index is 11.2. The molecule has 0 saturated heterocycles. The Kier molecular flexibility index (Phi) is 3.91. The Morgan fingerprint density at radius 3 is 3.00 bits per heavy atom. The number of nitrogens with zero attached hydrogens (tertiary/aromatic N) is 1. The molecule has 0 atom stereocenters. The Balaban J connectivity index is 2.19. The summed E-state index contributed by atoms with van der Waals surface area (Å²) in [5.74, 6) is 0.270. The van der Waals surface area contributed by atoms with Gasteiger partial charge in [-0.1, -0.05) is 5.16 Å². The minimum Gasteiger partial charge on any atom is -0.356 e. The molecule has 0 aromatic heterocycles. The van der Waals surface area contributed by atoms with E-state index >= 15 is 0 Å². The molecule has 6 nitrogen and oxygen atoms in total. The largest absolute Gasteiger partial charge is 0.356 e. The molecule has 0 radical (unpaired) electrons. The van der Waals surface area contributed by atoms with Crippen molar-refractivity contribution in [2.75, 3.05) is 13.1 Å². The predicted octanol–water partition coefficient (Wildman–Crippen LogP) is 0.0654. The third kappa shape index (κ3) is 2.97. The highest BCUT2D eigenvalue weighted by molar-refractivity contribution is 5.77. The lowest BCUT2D eigenvalue weighted by atomic mass is 10.0. The maximum atomic E-state index is 11.2. The van der Waals surface area contributed by atoms with Gasteiger partial charge in [-0.3, -0.25) is 9.59 Å². The second kappa shape index (κ2) is 5.62. The van der Waals surface area contributed by atoms with Crippen molar-refractivity contribution < 1.29 is 9.32 Å². The van der Waals surface area contributed by atoms with Crippen molar-refractivity contribution in [2.24, 2.45) is 5.73 Å². The van der Waals surface area contributed by atoms with Crippen LogP contribution in [-0.2, 0) is 11.2 Å². The van der Waals surface area contributed by atoms with Crippen LogP contribution < -0.4 is 16.5 Å². The second-order valence-corrected chi connectivity index (χ2v) is 4.22. The highest BCUT2D eigenvalue weighted by Crippen LogP contribution is 2.24. The zero-order valence-corrected chi connectivity index (χ0v) is 10.6. The second-order valence-electron chi connectivity index (χ2n) is 4.22. The van der Waals surface area contributed by atoms with Crippen LogP contribution in [0.25, 0.3) is 11.3 Å². The van der Waals surface area contributed by atoms with E-state index in [0.29, 0.717) is 18.7 Å². The van der Waals surface area contributed by atoms with Crippen LogP contribution in [0.3, 0.4) is 0 Å². The number of hydrogen-bond acceptors (Lipinski definition) is 5. The van der Waals surface area contributed by atoms with Gasteiger partial charge in [0.1, 0.15) is 0 Å². The topological polar surface area (TPSA) is 98.2 Å². The first-order chi connectivity index (χ1) is 9.11. The molecule has 1 aliphatic carbocycles. The molecule has 0 saturated carbocycles. The predicted molar refractivity (Wildman–Crippen MR) is 69.9 cm³/mol. The van der Waals surface area contributed by atoms with Gasteiger partial charge in [0.25, 0.3) is 0 Å². The van der Waals surface area contributed by atoms with Gasteiger partial charge in [-0.05, 0) is 24.6 Å². The smallest absolute Gasteiger partial charge is 0.233 e. The number of nitrogens with two attached hydrogens (primary N) is 1. The van der Waals surface area contributed by atoms with Crippen molar-refractivity contribution in [3.05, 3.63) is 39.7 Å². The quantitative estimate of drug-likeness (QED) is 0.811. The van der Waals surface area contributed by atoms with Crippen LogP contribution >= 0.6 is 0 Å². The summed E-state index contributed by atoms with van der Waals surface area (Å²) in [6.07, 6.45) is 0.552. The molecular formula is C13H15N3O3. The fraction of sp³-hybridized carbons (Fsp3) is 0.308. The van der Waals surface area contributed by atoms with E-state index in [4.69, 9.17) is 10.3 Å². The van der Waals surface area contributed by atoms with Crippen molar-refractivity contribution in [3.8, 4) is 11.3 Å². The molecule has 1 heterocycles. The van der Waals surface area contributed by atoms with Crippen molar-refractivity contribution in [3.63, 3.8) is 0 Å². The first kappa shape index (κ1) is 13.2. The highest BCUT2D eigenvalue weighted by atomic mass is 16.5. The summed E-state index contributed by atoms with van der Waals surface area (Å²) in [5.41, 5.74) is 7.64. The van der Waals surface area contributed by atoms with Crippen LogP contribution in [0.2, 0.25) is 0 Å². The number of fused-ring (bicyclic) bond motifs is 1. The van der Waals surface area contributed by atoms with Crippen LogP contribution in [0.15, 0.2) is 27.5 Å². The summed E-state index contributed by atoms with van der Waals surface area (Å²) in [5, 5.41) is 6.64. The Hall–Kier alpha value is -2.21. The molecule has 0 aromatic rings. The Morgan fingerprint density at radius 1 is 1.47 bits per heavy atom. The lowest BCUT2D eigenvalue weighted by Gasteiger charge is -2.10. The zero-order chi connectivity index (χ0) is 13.8. The van der Waals surface area contributed by atoms with E-state index in [1.54, 1.807) is 6.07 Å². The Labute approximate surface area is 109 Å². The van der Waals surface area contributed by atoms with Crippen LogP contribution in [0.5, 0.6) is 0 Å². The van der Waals surface area contributed by atoms with Crippen LogP contribution in [0, 0.1) is 6.92 Å². The van der Waals surface area contributed by atoms with Gasteiger partial charge in [-0.2, -0.15) is 0 Å². The van der Waals surface area contributed by atoms with E-state index in [1.165, 1.54) is 12.1 Å². The van der Waals surface area contributed by atoms with Crippen molar-refractivity contribution in [2.45, 2.75) is 13.3 Å². The van der Waals surface area contributed by atoms with Crippen LogP contribution in [-0.4, -0.2) is 24.2 Å². The molecule has 2 rings (SSSR count). The summed E-state index contributed by atoms with van der Waals surface area (Å²) >= 11 is 0. The number of rotatable bonds is 4. The molecule has 1 amide bonds. The average Bonchev–Trinajstić information content (AvgIpc) is 2.41. The molecule has 100 valence electrons. The number of carbonyl (C=O) groups excluding carboxylic acids is 1. The monoisotopic (exact) mass is 261 g/mol. The summed E-state index contributed by atoms with van der Waals surface area (Å²) in [6.45, 7) is 2.33. The number of benzene rings is 1. The van der Waals surface area contributed by atoms with Gasteiger partial charge >= 0.3 is 0 Å². The SMILES string of the molecule is Cc1c2ccc(=O)cc-2onc1CCNC(=O)CN. The molecule has 1 aliphatic heterocycles. The molecule has 0 bridgehead atoms. The van der Waals surface area contributed by atoms with Crippen molar-refractivity contribution in [1.29, 1.82) is 0 Å². The Bertz CT molecular complexity index is 621. The van der Waals surface area contributed by atoms with Crippen LogP contribution in [0.4, 0.5) is 0 Å². The van der Waals surface area contributed by atoms with E-state index in [9.17, 15) is 9.59 Å². The molecule has 0 spiro atoms. The summed E-state index contributed by atoms with van der Waals surface area (Å²) < 4.78 is 5.20. The first-order valence-corrected chi connectivity index (χ1v) is 5.98. The van der Waals surface area contributed by atoms with E-state index < -0.39 is 0 Å². The molecular weight excluding hydrogens is 246 g/mol. The van der Waals surface area contributed by atoms with E-state index in [1.807, 2.05) is 6.92 Å².